The van der Waals surface area contributed by atoms with E-state index in [0.717, 1.165) is 16.8 Å². The van der Waals surface area contributed by atoms with Crippen molar-refractivity contribution in [2.75, 3.05) is 13.7 Å². The lowest BCUT2D eigenvalue weighted by atomic mass is 10.2. The van der Waals surface area contributed by atoms with Crippen molar-refractivity contribution >= 4 is 11.8 Å². The maximum absolute atomic E-state index is 12.7. The third-order valence-electron chi connectivity index (χ3n) is 4.84. The van der Waals surface area contributed by atoms with Crippen LogP contribution in [0.2, 0.25) is 0 Å². The number of rotatable bonds is 7. The fourth-order valence-corrected chi connectivity index (χ4v) is 3.19. The minimum Gasteiger partial charge on any atom is -0.493 e. The molecule has 4 rings (SSSR count). The summed E-state index contributed by atoms with van der Waals surface area (Å²) in [4.78, 5) is 29.3. The number of carbonyl (C=O) groups excluding carboxylic acids is 2. The maximum Gasteiger partial charge on any atom is 0.309 e. The van der Waals surface area contributed by atoms with Crippen LogP contribution in [0.15, 0.2) is 78.9 Å². The second kappa shape index (κ2) is 10.3. The number of benzene rings is 3. The number of amides is 2. The molecule has 172 valence electrons. The molecular weight excluding hydrogens is 434 g/mol. The zero-order chi connectivity index (χ0) is 23.9. The first kappa shape index (κ1) is 22.5. The van der Waals surface area contributed by atoms with Crippen molar-refractivity contribution in [1.82, 2.24) is 25.6 Å². The van der Waals surface area contributed by atoms with Gasteiger partial charge in [0.25, 0.3) is 5.91 Å². The second-order valence-corrected chi connectivity index (χ2v) is 7.32. The summed E-state index contributed by atoms with van der Waals surface area (Å²) in [6, 6.07) is 24.1. The summed E-state index contributed by atoms with van der Waals surface area (Å²) in [6.45, 7) is 1.60. The Bertz CT molecular complexity index is 1230. The summed E-state index contributed by atoms with van der Waals surface area (Å²) in [5.41, 5.74) is 7.18. The molecule has 3 aromatic carbocycles. The van der Waals surface area contributed by atoms with Crippen LogP contribution in [0.25, 0.3) is 17.1 Å². The minimum atomic E-state index is -0.659. The summed E-state index contributed by atoms with van der Waals surface area (Å²) in [5.74, 6) is 0.128. The molecule has 0 aliphatic heterocycles. The van der Waals surface area contributed by atoms with Crippen LogP contribution in [-0.2, 0) is 4.79 Å². The zero-order valence-electron chi connectivity index (χ0n) is 18.7. The number of carbonyl (C=O) groups is 2. The number of hydrogen-bond donors (Lipinski definition) is 2. The molecule has 0 radical (unpaired) electrons. The van der Waals surface area contributed by atoms with E-state index in [0.29, 0.717) is 17.3 Å². The van der Waals surface area contributed by atoms with E-state index in [1.165, 1.54) is 7.11 Å². The smallest absolute Gasteiger partial charge is 0.309 e. The zero-order valence-corrected chi connectivity index (χ0v) is 18.7. The Morgan fingerprint density at radius 3 is 2.32 bits per heavy atom. The molecule has 0 aliphatic carbocycles. The molecule has 2 amide bonds. The molecule has 0 aliphatic rings. The summed E-state index contributed by atoms with van der Waals surface area (Å²) in [7, 11) is 1.52. The molecule has 0 atom stereocenters. The molecular formula is C25H23N5O4. The minimum absolute atomic E-state index is 0.0934. The van der Waals surface area contributed by atoms with Crippen molar-refractivity contribution in [2.45, 2.75) is 6.92 Å². The van der Waals surface area contributed by atoms with Gasteiger partial charge in [-0.25, -0.2) is 9.67 Å². The Balaban J connectivity index is 1.44. The lowest BCUT2D eigenvalue weighted by Crippen LogP contribution is -2.44. The highest BCUT2D eigenvalue weighted by Crippen LogP contribution is 2.27. The Kier molecular flexibility index (Phi) is 6.83. The van der Waals surface area contributed by atoms with E-state index in [1.54, 1.807) is 16.8 Å². The van der Waals surface area contributed by atoms with Gasteiger partial charge >= 0.3 is 5.91 Å². The highest BCUT2D eigenvalue weighted by molar-refractivity contribution is 5.92. The number of nitrogens with zero attached hydrogens (tertiary/aromatic N) is 3. The molecule has 0 spiro atoms. The third kappa shape index (κ3) is 5.21. The monoisotopic (exact) mass is 457 g/mol. The molecule has 9 nitrogen and oxygen atoms in total. The normalized spacial score (nSPS) is 10.4. The predicted molar refractivity (Wildman–Crippen MR) is 126 cm³/mol. The highest BCUT2D eigenvalue weighted by atomic mass is 16.5. The van der Waals surface area contributed by atoms with E-state index in [1.807, 2.05) is 73.7 Å². The van der Waals surface area contributed by atoms with E-state index in [9.17, 15) is 9.59 Å². The van der Waals surface area contributed by atoms with Crippen molar-refractivity contribution in [2.24, 2.45) is 0 Å². The number of para-hydroxylation sites is 1. The Morgan fingerprint density at radius 2 is 1.62 bits per heavy atom. The molecule has 0 saturated heterocycles. The van der Waals surface area contributed by atoms with Gasteiger partial charge in [-0.15, -0.1) is 5.10 Å². The first-order valence-corrected chi connectivity index (χ1v) is 10.5. The molecule has 0 saturated carbocycles. The lowest BCUT2D eigenvalue weighted by Gasteiger charge is -2.11. The summed E-state index contributed by atoms with van der Waals surface area (Å²) < 4.78 is 12.3. The highest BCUT2D eigenvalue weighted by Gasteiger charge is 2.19. The predicted octanol–water partition coefficient (Wildman–Crippen LogP) is 3.09. The van der Waals surface area contributed by atoms with Gasteiger partial charge in [-0.3, -0.25) is 20.4 Å². The summed E-state index contributed by atoms with van der Waals surface area (Å²) in [5, 5.41) is 4.35. The van der Waals surface area contributed by atoms with Crippen molar-refractivity contribution < 1.29 is 19.1 Å². The number of aromatic nitrogens is 3. The van der Waals surface area contributed by atoms with Gasteiger partial charge in [0, 0.05) is 5.56 Å². The number of aryl methyl sites for hydroxylation is 1. The lowest BCUT2D eigenvalue weighted by molar-refractivity contribution is -0.123. The van der Waals surface area contributed by atoms with Crippen LogP contribution >= 0.6 is 0 Å². The molecule has 0 fully saturated rings. The van der Waals surface area contributed by atoms with E-state index in [-0.39, 0.29) is 12.4 Å². The van der Waals surface area contributed by atoms with Crippen LogP contribution in [0.3, 0.4) is 0 Å². The SMILES string of the molecule is COc1cc(C)ccc1OCC(=O)NNC(=O)c1nc(-c2ccccc2)n(-c2ccccc2)n1. The number of nitrogens with one attached hydrogen (secondary N) is 2. The molecule has 34 heavy (non-hydrogen) atoms. The molecule has 1 aromatic heterocycles. The van der Waals surface area contributed by atoms with Gasteiger partial charge in [0.15, 0.2) is 23.9 Å². The first-order chi connectivity index (χ1) is 16.5. The second-order valence-electron chi connectivity index (χ2n) is 7.32. The summed E-state index contributed by atoms with van der Waals surface area (Å²) in [6.07, 6.45) is 0. The van der Waals surface area contributed by atoms with Crippen LogP contribution in [0.4, 0.5) is 0 Å². The Morgan fingerprint density at radius 1 is 0.912 bits per heavy atom. The van der Waals surface area contributed by atoms with E-state index in [2.05, 4.69) is 20.9 Å². The van der Waals surface area contributed by atoms with Gasteiger partial charge in [0.2, 0.25) is 5.82 Å². The summed E-state index contributed by atoms with van der Waals surface area (Å²) >= 11 is 0. The average Bonchev–Trinajstić information content (AvgIpc) is 3.33. The van der Waals surface area contributed by atoms with Crippen LogP contribution in [0, 0.1) is 6.92 Å². The van der Waals surface area contributed by atoms with Gasteiger partial charge in [-0.05, 0) is 36.8 Å². The topological polar surface area (TPSA) is 107 Å². The molecule has 4 aromatic rings. The van der Waals surface area contributed by atoms with Crippen molar-refractivity contribution in [1.29, 1.82) is 0 Å². The van der Waals surface area contributed by atoms with Crippen molar-refractivity contribution in [3.05, 3.63) is 90.3 Å². The van der Waals surface area contributed by atoms with Crippen LogP contribution in [0.5, 0.6) is 11.5 Å². The fourth-order valence-electron chi connectivity index (χ4n) is 3.19. The average molecular weight is 457 g/mol. The van der Waals surface area contributed by atoms with Crippen molar-refractivity contribution in [3.63, 3.8) is 0 Å². The van der Waals surface area contributed by atoms with E-state index < -0.39 is 11.8 Å². The van der Waals surface area contributed by atoms with E-state index >= 15 is 0 Å². The molecule has 2 N–H and O–H groups in total. The number of ether oxygens (including phenoxy) is 2. The molecule has 0 unspecified atom stereocenters. The van der Waals surface area contributed by atoms with Gasteiger partial charge in [-0.2, -0.15) is 0 Å². The maximum atomic E-state index is 12.7. The number of hydrogen-bond acceptors (Lipinski definition) is 6. The molecule has 1 heterocycles. The fraction of sp³-hybridized carbons (Fsp3) is 0.120. The Hall–Kier alpha value is -4.66. The Labute approximate surface area is 196 Å². The van der Waals surface area contributed by atoms with Crippen LogP contribution < -0.4 is 20.3 Å². The first-order valence-electron chi connectivity index (χ1n) is 10.5. The standard InChI is InChI=1S/C25H23N5O4/c1-17-13-14-20(21(15-17)33-2)34-16-22(31)27-28-25(32)23-26-24(18-9-5-3-6-10-18)30(29-23)19-11-7-4-8-12-19/h3-15H,16H2,1-2H3,(H,27,31)(H,28,32). The number of hydrazine groups is 1. The van der Waals surface area contributed by atoms with Gasteiger partial charge in [0.1, 0.15) is 0 Å². The quantitative estimate of drug-likeness (QED) is 0.413. The van der Waals surface area contributed by atoms with Gasteiger partial charge in [0.05, 0.1) is 12.8 Å². The van der Waals surface area contributed by atoms with Crippen LogP contribution in [0.1, 0.15) is 16.2 Å². The number of methoxy groups -OCH3 is 1. The molecule has 0 bridgehead atoms. The molecule has 9 heteroatoms. The van der Waals surface area contributed by atoms with Gasteiger partial charge < -0.3 is 9.47 Å². The largest absolute Gasteiger partial charge is 0.493 e. The van der Waals surface area contributed by atoms with E-state index in [4.69, 9.17) is 9.47 Å². The van der Waals surface area contributed by atoms with Gasteiger partial charge in [-0.1, -0.05) is 54.6 Å². The van der Waals surface area contributed by atoms with Crippen LogP contribution in [-0.4, -0.2) is 40.3 Å². The van der Waals surface area contributed by atoms with Crippen molar-refractivity contribution in [3.8, 4) is 28.6 Å². The third-order valence-corrected chi connectivity index (χ3v) is 4.84.